The smallest absolute Gasteiger partial charge is 0.326 e. The molecule has 22 heavy (non-hydrogen) atoms. The summed E-state index contributed by atoms with van der Waals surface area (Å²) in [6.45, 7) is 0. The number of carboxylic acid groups (broad SMARTS) is 1. The van der Waals surface area contributed by atoms with Gasteiger partial charge in [0.1, 0.15) is 6.04 Å². The van der Waals surface area contributed by atoms with E-state index in [1.54, 1.807) is 11.0 Å². The molecule has 116 valence electrons. The molecule has 2 aliphatic rings. The van der Waals surface area contributed by atoms with Gasteiger partial charge in [-0.1, -0.05) is 43.2 Å². The van der Waals surface area contributed by atoms with Gasteiger partial charge >= 0.3 is 5.97 Å². The van der Waals surface area contributed by atoms with Crippen LogP contribution in [0, 0.1) is 5.92 Å². The molecule has 1 heterocycles. The lowest BCUT2D eigenvalue weighted by Gasteiger charge is -2.32. The van der Waals surface area contributed by atoms with Crippen LogP contribution in [0.5, 0.6) is 0 Å². The molecule has 1 saturated carbocycles. The summed E-state index contributed by atoms with van der Waals surface area (Å²) in [6.07, 6.45) is 8.08. The molecule has 1 saturated heterocycles. The average molecular weight is 299 g/mol. The third-order valence-electron chi connectivity index (χ3n) is 4.85. The number of amides is 1. The summed E-state index contributed by atoms with van der Waals surface area (Å²) < 4.78 is 0. The van der Waals surface area contributed by atoms with E-state index in [4.69, 9.17) is 0 Å². The van der Waals surface area contributed by atoms with Crippen molar-refractivity contribution in [2.75, 3.05) is 0 Å². The Morgan fingerprint density at radius 2 is 1.86 bits per heavy atom. The topological polar surface area (TPSA) is 57.6 Å². The third-order valence-corrected chi connectivity index (χ3v) is 4.85. The van der Waals surface area contributed by atoms with Gasteiger partial charge in [0.2, 0.25) is 5.91 Å². The van der Waals surface area contributed by atoms with Gasteiger partial charge in [-0.25, -0.2) is 4.79 Å². The van der Waals surface area contributed by atoms with Crippen LogP contribution in [0.2, 0.25) is 0 Å². The van der Waals surface area contributed by atoms with Crippen molar-refractivity contribution in [3.8, 4) is 0 Å². The van der Waals surface area contributed by atoms with Crippen molar-refractivity contribution in [1.29, 1.82) is 0 Å². The molecule has 0 radical (unpaired) electrons. The Balaban J connectivity index is 1.79. The standard InChI is InChI=1S/C18H21NO3/c20-17(11-10-13-6-2-1-3-7-13)19-15-9-5-4-8-14(15)12-16(19)18(21)22/h1-3,6-7,10-11,14-16H,4-5,8-9,12H2,(H,21,22)/b11-10+/t14-,15+,16-/m0/s1. The van der Waals surface area contributed by atoms with Gasteiger partial charge in [0.25, 0.3) is 0 Å². The Bertz CT molecular complexity index is 581. The van der Waals surface area contributed by atoms with E-state index in [2.05, 4.69) is 0 Å². The maximum absolute atomic E-state index is 12.6. The number of aliphatic carboxylic acids is 1. The molecule has 4 heteroatoms. The van der Waals surface area contributed by atoms with Crippen molar-refractivity contribution >= 4 is 18.0 Å². The number of rotatable bonds is 3. The number of benzene rings is 1. The molecule has 1 aromatic rings. The summed E-state index contributed by atoms with van der Waals surface area (Å²) in [5, 5.41) is 9.45. The zero-order valence-electron chi connectivity index (χ0n) is 12.5. The van der Waals surface area contributed by atoms with Crippen LogP contribution < -0.4 is 0 Å². The van der Waals surface area contributed by atoms with E-state index in [-0.39, 0.29) is 11.9 Å². The molecule has 4 nitrogen and oxygen atoms in total. The van der Waals surface area contributed by atoms with Gasteiger partial charge in [-0.3, -0.25) is 4.79 Å². The van der Waals surface area contributed by atoms with Gasteiger partial charge in [-0.15, -0.1) is 0 Å². The second-order valence-corrected chi connectivity index (χ2v) is 6.19. The molecule has 1 amide bonds. The molecule has 1 aromatic carbocycles. The van der Waals surface area contributed by atoms with Crippen LogP contribution in [-0.2, 0) is 9.59 Å². The van der Waals surface area contributed by atoms with Crippen molar-refractivity contribution in [3.63, 3.8) is 0 Å². The fourth-order valence-electron chi connectivity index (χ4n) is 3.82. The Labute approximate surface area is 130 Å². The van der Waals surface area contributed by atoms with Crippen LogP contribution in [0.15, 0.2) is 36.4 Å². The minimum Gasteiger partial charge on any atom is -0.480 e. The first-order valence-corrected chi connectivity index (χ1v) is 7.95. The van der Waals surface area contributed by atoms with Crippen molar-refractivity contribution < 1.29 is 14.7 Å². The van der Waals surface area contributed by atoms with E-state index in [1.807, 2.05) is 30.3 Å². The van der Waals surface area contributed by atoms with Gasteiger partial charge in [0.05, 0.1) is 0 Å². The maximum atomic E-state index is 12.6. The molecule has 1 aliphatic carbocycles. The SMILES string of the molecule is O=C(O)[C@@H]1C[C@@H]2CCCC[C@H]2N1C(=O)/C=C/c1ccccc1. The quantitative estimate of drug-likeness (QED) is 0.873. The average Bonchev–Trinajstić information content (AvgIpc) is 2.93. The molecule has 1 aliphatic heterocycles. The van der Waals surface area contributed by atoms with Gasteiger partial charge in [-0.05, 0) is 36.8 Å². The van der Waals surface area contributed by atoms with Gasteiger partial charge in [0.15, 0.2) is 0 Å². The number of likely N-dealkylation sites (tertiary alicyclic amines) is 1. The predicted octanol–water partition coefficient (Wildman–Crippen LogP) is 2.94. The van der Waals surface area contributed by atoms with E-state index < -0.39 is 12.0 Å². The highest BCUT2D eigenvalue weighted by molar-refractivity contribution is 5.95. The van der Waals surface area contributed by atoms with Crippen LogP contribution in [0.1, 0.15) is 37.7 Å². The zero-order chi connectivity index (χ0) is 15.5. The lowest BCUT2D eigenvalue weighted by Crippen LogP contribution is -2.45. The zero-order valence-corrected chi connectivity index (χ0v) is 12.5. The van der Waals surface area contributed by atoms with Crippen LogP contribution in [0.4, 0.5) is 0 Å². The highest BCUT2D eigenvalue weighted by Gasteiger charge is 2.46. The van der Waals surface area contributed by atoms with Crippen molar-refractivity contribution in [2.24, 2.45) is 5.92 Å². The first kappa shape index (κ1) is 14.8. The second kappa shape index (κ2) is 6.34. The van der Waals surface area contributed by atoms with E-state index in [0.29, 0.717) is 12.3 Å². The fraction of sp³-hybridized carbons (Fsp3) is 0.444. The van der Waals surface area contributed by atoms with Crippen molar-refractivity contribution in [3.05, 3.63) is 42.0 Å². The van der Waals surface area contributed by atoms with E-state index in [1.165, 1.54) is 6.08 Å². The summed E-state index contributed by atoms with van der Waals surface area (Å²) in [4.78, 5) is 25.7. The van der Waals surface area contributed by atoms with E-state index in [9.17, 15) is 14.7 Å². The molecule has 3 rings (SSSR count). The predicted molar refractivity (Wildman–Crippen MR) is 84.1 cm³/mol. The highest BCUT2D eigenvalue weighted by atomic mass is 16.4. The Kier molecular flexibility index (Phi) is 4.27. The molecule has 2 fully saturated rings. The molecular weight excluding hydrogens is 278 g/mol. The molecule has 0 bridgehead atoms. The van der Waals surface area contributed by atoms with E-state index in [0.717, 1.165) is 31.2 Å². The van der Waals surface area contributed by atoms with Crippen LogP contribution in [0.25, 0.3) is 6.08 Å². The highest BCUT2D eigenvalue weighted by Crippen LogP contribution is 2.39. The number of nitrogens with zero attached hydrogens (tertiary/aromatic N) is 1. The first-order chi connectivity index (χ1) is 10.7. The van der Waals surface area contributed by atoms with Crippen molar-refractivity contribution in [2.45, 2.75) is 44.2 Å². The number of hydrogen-bond acceptors (Lipinski definition) is 2. The number of carbonyl (C=O) groups is 2. The molecule has 0 spiro atoms. The Morgan fingerprint density at radius 1 is 1.14 bits per heavy atom. The van der Waals surface area contributed by atoms with Crippen LogP contribution in [-0.4, -0.2) is 34.0 Å². The number of fused-ring (bicyclic) bond motifs is 1. The second-order valence-electron chi connectivity index (χ2n) is 6.19. The normalized spacial score (nSPS) is 27.8. The third kappa shape index (κ3) is 2.91. The van der Waals surface area contributed by atoms with Crippen LogP contribution in [0.3, 0.4) is 0 Å². The number of carboxylic acids is 1. The lowest BCUT2D eigenvalue weighted by atomic mass is 9.85. The van der Waals surface area contributed by atoms with Crippen LogP contribution >= 0.6 is 0 Å². The van der Waals surface area contributed by atoms with Crippen molar-refractivity contribution in [1.82, 2.24) is 4.90 Å². The van der Waals surface area contributed by atoms with Gasteiger partial charge in [0, 0.05) is 12.1 Å². The first-order valence-electron chi connectivity index (χ1n) is 7.95. The van der Waals surface area contributed by atoms with Gasteiger partial charge in [-0.2, -0.15) is 0 Å². The van der Waals surface area contributed by atoms with Gasteiger partial charge < -0.3 is 10.0 Å². The largest absolute Gasteiger partial charge is 0.480 e. The molecule has 0 unspecified atom stereocenters. The molecular formula is C18H21NO3. The summed E-state index contributed by atoms with van der Waals surface area (Å²) >= 11 is 0. The lowest BCUT2D eigenvalue weighted by molar-refractivity contribution is -0.147. The summed E-state index contributed by atoms with van der Waals surface area (Å²) in [7, 11) is 0. The molecule has 0 aromatic heterocycles. The Hall–Kier alpha value is -2.10. The summed E-state index contributed by atoms with van der Waals surface area (Å²) in [5.74, 6) is -0.703. The summed E-state index contributed by atoms with van der Waals surface area (Å²) in [5.41, 5.74) is 0.946. The Morgan fingerprint density at radius 3 is 2.59 bits per heavy atom. The molecule has 3 atom stereocenters. The maximum Gasteiger partial charge on any atom is 0.326 e. The monoisotopic (exact) mass is 299 g/mol. The fourth-order valence-corrected chi connectivity index (χ4v) is 3.82. The van der Waals surface area contributed by atoms with E-state index >= 15 is 0 Å². The minimum absolute atomic E-state index is 0.0998. The molecule has 1 N–H and O–H groups in total. The number of hydrogen-bond donors (Lipinski definition) is 1. The minimum atomic E-state index is -0.879. The number of carbonyl (C=O) groups excluding carboxylic acids is 1. The summed E-state index contributed by atoms with van der Waals surface area (Å²) in [6, 6.07) is 9.03.